The van der Waals surface area contributed by atoms with Crippen molar-refractivity contribution < 1.29 is 17.9 Å². The van der Waals surface area contributed by atoms with Crippen LogP contribution in [-0.2, 0) is 21.2 Å². The zero-order chi connectivity index (χ0) is 23.7. The van der Waals surface area contributed by atoms with E-state index in [1.165, 1.54) is 16.1 Å². The predicted molar refractivity (Wildman–Crippen MR) is 131 cm³/mol. The summed E-state index contributed by atoms with van der Waals surface area (Å²) in [5.41, 5.74) is 3.85. The van der Waals surface area contributed by atoms with Crippen molar-refractivity contribution in [1.82, 2.24) is 5.32 Å². The summed E-state index contributed by atoms with van der Waals surface area (Å²) in [6.45, 7) is 8.75. The lowest BCUT2D eigenvalue weighted by molar-refractivity contribution is -0.121. The summed E-state index contributed by atoms with van der Waals surface area (Å²) in [5.74, 6) is 0.807. The maximum absolute atomic E-state index is 12.3. The van der Waals surface area contributed by atoms with Gasteiger partial charge in [-0.1, -0.05) is 24.3 Å². The maximum Gasteiger partial charge on any atom is 0.232 e. The van der Waals surface area contributed by atoms with Crippen LogP contribution in [0.2, 0.25) is 0 Å². The molecular formula is C25H36N2O4S. The van der Waals surface area contributed by atoms with Gasteiger partial charge in [-0.3, -0.25) is 9.10 Å². The molecule has 0 aromatic heterocycles. The molecule has 6 nitrogen and oxygen atoms in total. The van der Waals surface area contributed by atoms with E-state index in [1.807, 2.05) is 70.2 Å². The molecule has 2 aromatic rings. The monoisotopic (exact) mass is 460 g/mol. The van der Waals surface area contributed by atoms with E-state index in [1.54, 1.807) is 0 Å². The number of carbonyl (C=O) groups is 1. The molecule has 0 aliphatic carbocycles. The Balaban J connectivity index is 1.75. The second kappa shape index (κ2) is 11.9. The number of sulfonamides is 1. The number of hydrogen-bond donors (Lipinski definition) is 1. The van der Waals surface area contributed by atoms with Crippen molar-refractivity contribution in [3.05, 3.63) is 59.2 Å². The van der Waals surface area contributed by atoms with E-state index in [2.05, 4.69) is 5.32 Å². The summed E-state index contributed by atoms with van der Waals surface area (Å²) in [4.78, 5) is 12.2. The predicted octanol–water partition coefficient (Wildman–Crippen LogP) is 4.39. The van der Waals surface area contributed by atoms with E-state index in [4.69, 9.17) is 4.74 Å². The van der Waals surface area contributed by atoms with Crippen LogP contribution in [0.4, 0.5) is 5.69 Å². The van der Waals surface area contributed by atoms with Gasteiger partial charge in [0.25, 0.3) is 0 Å². The summed E-state index contributed by atoms with van der Waals surface area (Å²) >= 11 is 0. The molecule has 0 bridgehead atoms. The standard InChI is InChI=1S/C25H36N2O4S/c1-19(2)31-23-15-13-22(14-16-23)10-7-17-26-25(28)12-8-18-27(32(5,29)30)24-11-6-9-20(3)21(24)4/h6,9,11,13-16,19H,7-8,10,12,17-18H2,1-5H3,(H,26,28). The first kappa shape index (κ1) is 25.7. The van der Waals surface area contributed by atoms with Gasteiger partial charge >= 0.3 is 0 Å². The van der Waals surface area contributed by atoms with Crippen molar-refractivity contribution in [3.63, 3.8) is 0 Å². The third-order valence-corrected chi connectivity index (χ3v) is 6.45. The van der Waals surface area contributed by atoms with Crippen LogP contribution in [0, 0.1) is 13.8 Å². The van der Waals surface area contributed by atoms with Gasteiger partial charge in [-0.2, -0.15) is 0 Å². The number of nitrogens with zero attached hydrogens (tertiary/aromatic N) is 1. The summed E-state index contributed by atoms with van der Waals surface area (Å²) < 4.78 is 31.7. The minimum Gasteiger partial charge on any atom is -0.491 e. The average Bonchev–Trinajstić information content (AvgIpc) is 2.71. The van der Waals surface area contributed by atoms with Crippen molar-refractivity contribution in [2.45, 2.75) is 59.5 Å². The highest BCUT2D eigenvalue weighted by Crippen LogP contribution is 2.25. The first-order valence-corrected chi connectivity index (χ1v) is 13.0. The normalized spacial score (nSPS) is 11.4. The Morgan fingerprint density at radius 1 is 1.06 bits per heavy atom. The van der Waals surface area contributed by atoms with Crippen LogP contribution in [0.1, 0.15) is 49.8 Å². The molecule has 0 saturated carbocycles. The van der Waals surface area contributed by atoms with Gasteiger partial charge in [-0.05, 0) is 81.8 Å². The van der Waals surface area contributed by atoms with Gasteiger partial charge in [0, 0.05) is 19.5 Å². The van der Waals surface area contributed by atoms with Crippen LogP contribution >= 0.6 is 0 Å². The van der Waals surface area contributed by atoms with Crippen molar-refractivity contribution in [1.29, 1.82) is 0 Å². The molecule has 2 rings (SSSR count). The van der Waals surface area contributed by atoms with Gasteiger partial charge in [-0.25, -0.2) is 8.42 Å². The number of hydrogen-bond acceptors (Lipinski definition) is 4. The zero-order valence-electron chi connectivity index (χ0n) is 19.8. The summed E-state index contributed by atoms with van der Waals surface area (Å²) in [7, 11) is -3.42. The van der Waals surface area contributed by atoms with E-state index >= 15 is 0 Å². The quantitative estimate of drug-likeness (QED) is 0.477. The molecule has 1 N–H and O–H groups in total. The highest BCUT2D eigenvalue weighted by molar-refractivity contribution is 7.92. The van der Waals surface area contributed by atoms with Gasteiger partial charge in [0.1, 0.15) is 5.75 Å². The molecular weight excluding hydrogens is 424 g/mol. The average molecular weight is 461 g/mol. The molecule has 1 amide bonds. The van der Waals surface area contributed by atoms with Crippen molar-refractivity contribution >= 4 is 21.6 Å². The third-order valence-electron chi connectivity index (χ3n) is 5.27. The number of nitrogens with one attached hydrogen (secondary N) is 1. The molecule has 0 spiro atoms. The second-order valence-corrected chi connectivity index (χ2v) is 10.3. The first-order valence-electron chi connectivity index (χ1n) is 11.1. The lowest BCUT2D eigenvalue weighted by Crippen LogP contribution is -2.33. The molecule has 0 atom stereocenters. The fourth-order valence-electron chi connectivity index (χ4n) is 3.47. The fourth-order valence-corrected chi connectivity index (χ4v) is 4.49. The third kappa shape index (κ3) is 8.19. The Hall–Kier alpha value is -2.54. The SMILES string of the molecule is Cc1cccc(N(CCCC(=O)NCCCc2ccc(OC(C)C)cc2)S(C)(=O)=O)c1C. The van der Waals surface area contributed by atoms with E-state index in [9.17, 15) is 13.2 Å². The molecule has 0 aliphatic heterocycles. The molecule has 2 aromatic carbocycles. The minimum atomic E-state index is -3.42. The Labute approximate surface area is 193 Å². The molecule has 0 fully saturated rings. The Kier molecular flexibility index (Phi) is 9.57. The molecule has 0 unspecified atom stereocenters. The molecule has 0 heterocycles. The molecule has 32 heavy (non-hydrogen) atoms. The van der Waals surface area contributed by atoms with Crippen LogP contribution < -0.4 is 14.4 Å². The topological polar surface area (TPSA) is 75.7 Å². The van der Waals surface area contributed by atoms with Crippen molar-refractivity contribution in [3.8, 4) is 5.75 Å². The van der Waals surface area contributed by atoms with E-state index < -0.39 is 10.0 Å². The van der Waals surface area contributed by atoms with Crippen LogP contribution in [0.15, 0.2) is 42.5 Å². The Morgan fingerprint density at radius 2 is 1.75 bits per heavy atom. The minimum absolute atomic E-state index is 0.0555. The molecule has 7 heteroatoms. The summed E-state index contributed by atoms with van der Waals surface area (Å²) in [6.07, 6.45) is 3.82. The van der Waals surface area contributed by atoms with Crippen molar-refractivity contribution in [2.24, 2.45) is 0 Å². The highest BCUT2D eigenvalue weighted by Gasteiger charge is 2.19. The van der Waals surface area contributed by atoms with E-state index in [-0.39, 0.29) is 25.0 Å². The number of carbonyl (C=O) groups excluding carboxylic acids is 1. The fraction of sp³-hybridized carbons (Fsp3) is 0.480. The number of anilines is 1. The highest BCUT2D eigenvalue weighted by atomic mass is 32.2. The lowest BCUT2D eigenvalue weighted by Gasteiger charge is -2.24. The van der Waals surface area contributed by atoms with Crippen LogP contribution in [0.25, 0.3) is 0 Å². The van der Waals surface area contributed by atoms with Crippen molar-refractivity contribution in [2.75, 3.05) is 23.7 Å². The number of benzene rings is 2. The summed E-state index contributed by atoms with van der Waals surface area (Å²) in [6, 6.07) is 13.7. The van der Waals surface area contributed by atoms with Gasteiger partial charge in [0.05, 0.1) is 18.0 Å². The Morgan fingerprint density at radius 3 is 2.38 bits per heavy atom. The number of amides is 1. The van der Waals surface area contributed by atoms with Crippen LogP contribution in [0.5, 0.6) is 5.75 Å². The van der Waals surface area contributed by atoms with Gasteiger partial charge < -0.3 is 10.1 Å². The lowest BCUT2D eigenvalue weighted by atomic mass is 10.1. The van der Waals surface area contributed by atoms with Gasteiger partial charge in [0.2, 0.25) is 15.9 Å². The molecule has 0 aliphatic rings. The molecule has 0 saturated heterocycles. The van der Waals surface area contributed by atoms with E-state index in [0.29, 0.717) is 18.7 Å². The number of ether oxygens (including phenoxy) is 1. The molecule has 0 radical (unpaired) electrons. The Bertz CT molecular complexity index is 986. The largest absolute Gasteiger partial charge is 0.491 e. The number of rotatable bonds is 12. The zero-order valence-corrected chi connectivity index (χ0v) is 20.7. The number of aryl methyl sites for hydroxylation is 2. The maximum atomic E-state index is 12.3. The van der Waals surface area contributed by atoms with E-state index in [0.717, 1.165) is 29.7 Å². The van der Waals surface area contributed by atoms with Gasteiger partial charge in [-0.15, -0.1) is 0 Å². The smallest absolute Gasteiger partial charge is 0.232 e. The van der Waals surface area contributed by atoms with Gasteiger partial charge in [0.15, 0.2) is 0 Å². The molecule has 176 valence electrons. The van der Waals surface area contributed by atoms with Crippen LogP contribution in [0.3, 0.4) is 0 Å². The second-order valence-electron chi connectivity index (χ2n) is 8.42. The summed E-state index contributed by atoms with van der Waals surface area (Å²) in [5, 5.41) is 2.93. The first-order chi connectivity index (χ1) is 15.1. The van der Waals surface area contributed by atoms with Crippen LogP contribution in [-0.4, -0.2) is 39.8 Å².